The number of fused-ring (bicyclic) bond motifs is 1. The first-order valence-corrected chi connectivity index (χ1v) is 18.6. The van der Waals surface area contributed by atoms with Crippen LogP contribution in [0, 0.1) is 11.2 Å². The molecular weight excluding hydrogens is 704 g/mol. The number of hydrogen-bond acceptors (Lipinski definition) is 10. The fraction of sp³-hybridized carbons (Fsp3) is 0.325. The van der Waals surface area contributed by atoms with E-state index < -0.39 is 29.7 Å². The van der Waals surface area contributed by atoms with E-state index in [4.69, 9.17) is 10.4 Å². The van der Waals surface area contributed by atoms with Gasteiger partial charge in [0.05, 0.1) is 34.8 Å². The first-order chi connectivity index (χ1) is 26.7. The molecule has 3 fully saturated rings. The van der Waals surface area contributed by atoms with Crippen LogP contribution in [0.2, 0.25) is 0 Å². The fourth-order valence-electron chi connectivity index (χ4n) is 7.81. The number of H-pyrrole nitrogens is 1. The Hall–Kier alpha value is -6.22. The molecule has 15 heteroatoms. The maximum absolute atomic E-state index is 13.9. The number of piperazine rings is 1. The number of likely N-dealkylation sites (tertiary alicyclic amines) is 1. The lowest BCUT2D eigenvalue weighted by atomic mass is 10.0. The van der Waals surface area contributed by atoms with Crippen molar-refractivity contribution in [2.45, 2.75) is 37.8 Å². The van der Waals surface area contributed by atoms with Crippen molar-refractivity contribution in [3.05, 3.63) is 101 Å². The number of aromatic amines is 1. The van der Waals surface area contributed by atoms with Crippen LogP contribution in [0.15, 0.2) is 72.9 Å². The Bertz CT molecular complexity index is 2200. The molecule has 6 heterocycles. The molecule has 2 aromatic heterocycles. The third kappa shape index (κ3) is 7.47. The van der Waals surface area contributed by atoms with E-state index in [0.29, 0.717) is 23.9 Å². The first kappa shape index (κ1) is 35.8. The number of carbonyl (C=O) groups is 4. The van der Waals surface area contributed by atoms with Crippen LogP contribution in [0.5, 0.6) is 0 Å². The van der Waals surface area contributed by atoms with Gasteiger partial charge in [-0.15, -0.1) is 0 Å². The lowest BCUT2D eigenvalue weighted by molar-refractivity contribution is -0.136. The van der Waals surface area contributed by atoms with Crippen LogP contribution in [0.3, 0.4) is 0 Å². The minimum Gasteiger partial charge on any atom is -0.384 e. The molecule has 4 aromatic rings. The Balaban J connectivity index is 0.816. The molecule has 4 aliphatic rings. The van der Waals surface area contributed by atoms with Gasteiger partial charge in [0.2, 0.25) is 11.8 Å². The number of carbonyl (C=O) groups excluding carboxylic acids is 4. The van der Waals surface area contributed by atoms with Gasteiger partial charge in [0, 0.05) is 57.9 Å². The van der Waals surface area contributed by atoms with Gasteiger partial charge in [-0.25, -0.2) is 14.4 Å². The number of piperidine rings is 1. The number of halogens is 1. The van der Waals surface area contributed by atoms with Crippen LogP contribution in [0.4, 0.5) is 15.9 Å². The highest BCUT2D eigenvalue weighted by atomic mass is 19.1. The normalized spacial score (nSPS) is 20.4. The number of rotatable bonds is 10. The van der Waals surface area contributed by atoms with Crippen LogP contribution in [0.1, 0.15) is 63.8 Å². The lowest BCUT2D eigenvalue weighted by Gasteiger charge is -2.35. The van der Waals surface area contributed by atoms with Crippen LogP contribution in [0.25, 0.3) is 17.5 Å². The number of imidazole rings is 1. The van der Waals surface area contributed by atoms with Crippen molar-refractivity contribution < 1.29 is 23.6 Å². The summed E-state index contributed by atoms with van der Waals surface area (Å²) in [6, 6.07) is 16.6. The van der Waals surface area contributed by atoms with E-state index in [1.165, 1.54) is 6.07 Å². The zero-order valence-electron chi connectivity index (χ0n) is 30.1. The molecule has 2 aromatic carbocycles. The summed E-state index contributed by atoms with van der Waals surface area (Å²) in [5.74, 6) is -0.485. The lowest BCUT2D eigenvalue weighted by Crippen LogP contribution is -2.54. The second-order valence-corrected chi connectivity index (χ2v) is 14.2. The van der Waals surface area contributed by atoms with Crippen molar-refractivity contribution in [3.8, 4) is 11.4 Å². The predicted octanol–water partition coefficient (Wildman–Crippen LogP) is 4.07. The number of benzene rings is 2. The maximum atomic E-state index is 13.9. The van der Waals surface area contributed by atoms with Crippen LogP contribution in [-0.4, -0.2) is 111 Å². The molecule has 0 aliphatic carbocycles. The minimum atomic E-state index is -0.990. The van der Waals surface area contributed by atoms with Gasteiger partial charge in [0.25, 0.3) is 11.8 Å². The van der Waals surface area contributed by atoms with Crippen LogP contribution < -0.4 is 15.5 Å². The monoisotopic (exact) mass is 744 g/mol. The number of pyridine rings is 1. The Morgan fingerprint density at radius 3 is 2.56 bits per heavy atom. The first-order valence-electron chi connectivity index (χ1n) is 18.6. The van der Waals surface area contributed by atoms with Gasteiger partial charge in [-0.1, -0.05) is 18.2 Å². The Morgan fingerprint density at radius 2 is 1.75 bits per heavy atom. The topological polar surface area (TPSA) is 171 Å². The van der Waals surface area contributed by atoms with E-state index in [1.54, 1.807) is 48.7 Å². The number of anilines is 2. The van der Waals surface area contributed by atoms with Gasteiger partial charge in [0.15, 0.2) is 0 Å². The average molecular weight is 745 g/mol. The summed E-state index contributed by atoms with van der Waals surface area (Å²) in [5, 5.41) is 14.3. The molecule has 1 unspecified atom stereocenters. The summed E-state index contributed by atoms with van der Waals surface area (Å²) < 4.78 is 13.9. The minimum absolute atomic E-state index is 0.0222. The molecular formula is C40H41FN10O4. The van der Waals surface area contributed by atoms with Crippen molar-refractivity contribution in [1.29, 1.82) is 5.41 Å². The average Bonchev–Trinajstić information content (AvgIpc) is 3.94. The van der Waals surface area contributed by atoms with Gasteiger partial charge in [-0.2, -0.15) is 0 Å². The highest BCUT2D eigenvalue weighted by molar-refractivity contribution is 6.23. The SMILES string of the molecule is N=C(/C=C\c1ncc(-c2cccc(N3CCN(CCNc4ccc5c(c4)C(=O)N(C4CCC(=O)NC4=O)C5=O)CC3)n2)[nH]1)N1CCC[C@@H]1c1cccc(F)c1. The molecule has 55 heavy (non-hydrogen) atoms. The Labute approximate surface area is 316 Å². The van der Waals surface area contributed by atoms with Crippen molar-refractivity contribution in [1.82, 2.24) is 35.0 Å². The second-order valence-electron chi connectivity index (χ2n) is 14.2. The number of hydrogen-bond donors (Lipinski definition) is 4. The number of imide groups is 2. The molecule has 8 rings (SSSR count). The third-order valence-corrected chi connectivity index (χ3v) is 10.7. The van der Waals surface area contributed by atoms with E-state index in [-0.39, 0.29) is 35.8 Å². The molecule has 3 saturated heterocycles. The van der Waals surface area contributed by atoms with Crippen LogP contribution >= 0.6 is 0 Å². The standard InChI is InChI=1S/C40H41FN10O4/c41-26-5-1-4-25(22-26)32-7-3-16-50(32)34(42)12-13-35-44-24-31(45-35)30-6-2-8-36(46-30)49-20-18-48(19-21-49)17-15-43-27-9-10-28-29(23-27)40(55)51(39(28)54)33-11-14-37(52)47-38(33)53/h1-2,4-6,8-10,12-13,22-24,32-33,42-43H,3,7,11,14-21H2,(H,44,45)(H,47,52,53)/b13-12-,42-34?/t32-,33?/m1/s1. The zero-order chi connectivity index (χ0) is 38.1. The number of nitrogens with one attached hydrogen (secondary N) is 4. The molecule has 14 nitrogen and oxygen atoms in total. The summed E-state index contributed by atoms with van der Waals surface area (Å²) >= 11 is 0. The molecule has 2 atom stereocenters. The van der Waals surface area contributed by atoms with Gasteiger partial charge in [0.1, 0.15) is 29.3 Å². The van der Waals surface area contributed by atoms with Crippen molar-refractivity contribution in [2.75, 3.05) is 56.0 Å². The number of amidine groups is 1. The van der Waals surface area contributed by atoms with Crippen molar-refractivity contribution in [3.63, 3.8) is 0 Å². The Morgan fingerprint density at radius 1 is 0.927 bits per heavy atom. The van der Waals surface area contributed by atoms with E-state index in [0.717, 1.165) is 79.8 Å². The van der Waals surface area contributed by atoms with Crippen molar-refractivity contribution >= 4 is 47.0 Å². The molecule has 0 radical (unpaired) electrons. The van der Waals surface area contributed by atoms with Crippen molar-refractivity contribution in [2.24, 2.45) is 0 Å². The molecule has 282 valence electrons. The largest absolute Gasteiger partial charge is 0.384 e. The summed E-state index contributed by atoms with van der Waals surface area (Å²) in [7, 11) is 0. The summed E-state index contributed by atoms with van der Waals surface area (Å²) in [6.07, 6.45) is 7.28. The van der Waals surface area contributed by atoms with Gasteiger partial charge >= 0.3 is 0 Å². The quantitative estimate of drug-likeness (QED) is 0.105. The number of aromatic nitrogens is 3. The molecule has 0 spiro atoms. The third-order valence-electron chi connectivity index (χ3n) is 10.7. The maximum Gasteiger partial charge on any atom is 0.262 e. The fourth-order valence-corrected chi connectivity index (χ4v) is 7.81. The Kier molecular flexibility index (Phi) is 9.93. The van der Waals surface area contributed by atoms with Crippen LogP contribution in [-0.2, 0) is 9.59 Å². The van der Waals surface area contributed by atoms with E-state index >= 15 is 0 Å². The molecule has 4 N–H and O–H groups in total. The second kappa shape index (κ2) is 15.3. The summed E-state index contributed by atoms with van der Waals surface area (Å²) in [4.78, 5) is 70.4. The molecule has 4 aliphatic heterocycles. The predicted molar refractivity (Wildman–Crippen MR) is 204 cm³/mol. The van der Waals surface area contributed by atoms with Gasteiger partial charge in [-0.3, -0.25) is 39.7 Å². The highest BCUT2D eigenvalue weighted by Crippen LogP contribution is 2.33. The molecule has 0 bridgehead atoms. The summed E-state index contributed by atoms with van der Waals surface area (Å²) in [6.45, 7) is 5.43. The zero-order valence-corrected chi connectivity index (χ0v) is 30.1. The smallest absolute Gasteiger partial charge is 0.262 e. The van der Waals surface area contributed by atoms with Gasteiger partial charge < -0.3 is 20.1 Å². The van der Waals surface area contributed by atoms with Gasteiger partial charge in [-0.05, 0) is 79.4 Å². The molecule has 4 amide bonds. The summed E-state index contributed by atoms with van der Waals surface area (Å²) in [5.41, 5.74) is 3.65. The number of amides is 4. The number of nitrogens with zero attached hydrogens (tertiary/aromatic N) is 6. The van der Waals surface area contributed by atoms with E-state index in [1.807, 2.05) is 29.2 Å². The van der Waals surface area contributed by atoms with E-state index in [2.05, 4.69) is 30.4 Å². The van der Waals surface area contributed by atoms with E-state index in [9.17, 15) is 23.6 Å². The molecule has 0 saturated carbocycles. The highest BCUT2D eigenvalue weighted by Gasteiger charge is 2.44.